The van der Waals surface area contributed by atoms with Crippen LogP contribution in [-0.4, -0.2) is 56.1 Å². The Morgan fingerprint density at radius 2 is 1.46 bits per heavy atom. The highest BCUT2D eigenvalue weighted by Gasteiger charge is 2.14. The molecule has 1 aliphatic heterocycles. The number of nitrogens with one attached hydrogen (secondary N) is 2. The first-order chi connectivity index (χ1) is 18.0. The zero-order chi connectivity index (χ0) is 26.2. The Morgan fingerprint density at radius 1 is 0.838 bits per heavy atom. The third-order valence-corrected chi connectivity index (χ3v) is 6.77. The molecule has 2 amide bonds. The highest BCUT2D eigenvalue weighted by Crippen LogP contribution is 2.22. The van der Waals surface area contributed by atoms with E-state index in [4.69, 9.17) is 4.74 Å². The van der Waals surface area contributed by atoms with Crippen LogP contribution in [0.15, 0.2) is 66.7 Å². The molecule has 0 bridgehead atoms. The maximum Gasteiger partial charge on any atom is 0.255 e. The Labute approximate surface area is 219 Å². The number of hydrogen-bond donors (Lipinski definition) is 2. The summed E-state index contributed by atoms with van der Waals surface area (Å²) in [6.07, 6.45) is 0. The molecule has 194 valence electrons. The first-order valence-electron chi connectivity index (χ1n) is 12.9. The summed E-state index contributed by atoms with van der Waals surface area (Å²) in [6, 6.07) is 20.9. The largest absolute Gasteiger partial charge is 0.378 e. The molecule has 1 heterocycles. The molecule has 1 aliphatic rings. The summed E-state index contributed by atoms with van der Waals surface area (Å²) in [6.45, 7) is 12.2. The number of amides is 2. The van der Waals surface area contributed by atoms with Crippen molar-refractivity contribution in [3.63, 3.8) is 0 Å². The number of carbonyl (C=O) groups is 2. The molecule has 4 rings (SSSR count). The van der Waals surface area contributed by atoms with Gasteiger partial charge in [-0.15, -0.1) is 0 Å². The van der Waals surface area contributed by atoms with Crippen LogP contribution in [0.5, 0.6) is 0 Å². The van der Waals surface area contributed by atoms with E-state index in [9.17, 15) is 9.59 Å². The zero-order valence-electron chi connectivity index (χ0n) is 21.9. The molecule has 37 heavy (non-hydrogen) atoms. The molecule has 0 aromatic heterocycles. The summed E-state index contributed by atoms with van der Waals surface area (Å²) in [5, 5.41) is 5.92. The average Bonchev–Trinajstić information content (AvgIpc) is 2.94. The van der Waals surface area contributed by atoms with Gasteiger partial charge in [0.25, 0.3) is 11.8 Å². The van der Waals surface area contributed by atoms with Crippen molar-refractivity contribution in [2.45, 2.75) is 27.3 Å². The van der Waals surface area contributed by atoms with Gasteiger partial charge in [0, 0.05) is 47.8 Å². The second-order valence-corrected chi connectivity index (χ2v) is 9.24. The third kappa shape index (κ3) is 6.96. The van der Waals surface area contributed by atoms with Crippen molar-refractivity contribution in [2.75, 3.05) is 54.9 Å². The molecule has 1 saturated heterocycles. The summed E-state index contributed by atoms with van der Waals surface area (Å²) in [5.41, 5.74) is 5.57. The van der Waals surface area contributed by atoms with Crippen molar-refractivity contribution in [3.05, 3.63) is 89.0 Å². The van der Waals surface area contributed by atoms with Crippen molar-refractivity contribution in [1.29, 1.82) is 0 Å². The van der Waals surface area contributed by atoms with E-state index in [2.05, 4.69) is 34.3 Å². The first kappa shape index (κ1) is 26.4. The van der Waals surface area contributed by atoms with Gasteiger partial charge in [0.05, 0.1) is 13.2 Å². The lowest BCUT2D eigenvalue weighted by Gasteiger charge is -2.28. The molecule has 7 heteroatoms. The van der Waals surface area contributed by atoms with Gasteiger partial charge in [0.15, 0.2) is 0 Å². The molecule has 0 unspecified atom stereocenters. The van der Waals surface area contributed by atoms with Crippen molar-refractivity contribution < 1.29 is 14.3 Å². The summed E-state index contributed by atoms with van der Waals surface area (Å²) in [7, 11) is 0. The molecule has 7 nitrogen and oxygen atoms in total. The number of ether oxygens (including phenoxy) is 1. The molecule has 0 saturated carbocycles. The highest BCUT2D eigenvalue weighted by atomic mass is 16.5. The number of morpholine rings is 1. The Hall–Kier alpha value is -3.68. The van der Waals surface area contributed by atoms with Crippen LogP contribution in [0.3, 0.4) is 0 Å². The molecule has 3 aromatic rings. The van der Waals surface area contributed by atoms with Crippen LogP contribution >= 0.6 is 0 Å². The van der Waals surface area contributed by atoms with Crippen molar-refractivity contribution in [2.24, 2.45) is 0 Å². The minimum Gasteiger partial charge on any atom is -0.378 e. The predicted molar refractivity (Wildman–Crippen MR) is 150 cm³/mol. The fourth-order valence-electron chi connectivity index (χ4n) is 4.34. The van der Waals surface area contributed by atoms with Crippen LogP contribution in [0, 0.1) is 6.92 Å². The lowest BCUT2D eigenvalue weighted by molar-refractivity contribution is 0.101. The molecule has 0 aliphatic carbocycles. The predicted octanol–water partition coefficient (Wildman–Crippen LogP) is 5.18. The van der Waals surface area contributed by atoms with Gasteiger partial charge in [-0.2, -0.15) is 0 Å². The minimum absolute atomic E-state index is 0.200. The van der Waals surface area contributed by atoms with E-state index in [0.29, 0.717) is 16.8 Å². The SMILES string of the molecule is CCN(CC)Cc1ccc(C(=O)Nc2cc(C(=O)Nc3ccc(N4CCOCC4)cc3)ccc2C)cc1. The number of nitrogens with zero attached hydrogens (tertiary/aromatic N) is 2. The van der Waals surface area contributed by atoms with Gasteiger partial charge in [0.2, 0.25) is 0 Å². The number of rotatable bonds is 9. The second kappa shape index (κ2) is 12.5. The lowest BCUT2D eigenvalue weighted by Crippen LogP contribution is -2.36. The van der Waals surface area contributed by atoms with Crippen LogP contribution in [0.2, 0.25) is 0 Å². The Kier molecular flexibility index (Phi) is 8.93. The monoisotopic (exact) mass is 500 g/mol. The first-order valence-corrected chi connectivity index (χ1v) is 12.9. The van der Waals surface area contributed by atoms with E-state index < -0.39 is 0 Å². The molecule has 0 atom stereocenters. The molecule has 3 aromatic carbocycles. The maximum absolute atomic E-state index is 12.9. The Bertz CT molecular complexity index is 1200. The molecular weight excluding hydrogens is 464 g/mol. The van der Waals surface area contributed by atoms with Crippen LogP contribution in [0.4, 0.5) is 17.1 Å². The third-order valence-electron chi connectivity index (χ3n) is 6.77. The number of hydrogen-bond acceptors (Lipinski definition) is 5. The summed E-state index contributed by atoms with van der Waals surface area (Å²) in [5.74, 6) is -0.427. The van der Waals surface area contributed by atoms with Gasteiger partial charge in [-0.1, -0.05) is 32.0 Å². The standard InChI is InChI=1S/C30H36N4O3/c1-4-33(5-2)21-23-7-10-24(11-8-23)29(35)32-28-20-25(9-6-22(28)3)30(36)31-26-12-14-27(15-13-26)34-16-18-37-19-17-34/h6-15,20H,4-5,16-19,21H2,1-3H3,(H,31,36)(H,32,35). The number of anilines is 3. The van der Waals surface area contributed by atoms with Crippen LogP contribution in [0.1, 0.15) is 45.7 Å². The summed E-state index contributed by atoms with van der Waals surface area (Å²) >= 11 is 0. The van der Waals surface area contributed by atoms with Crippen LogP contribution in [0.25, 0.3) is 0 Å². The van der Waals surface area contributed by atoms with Crippen LogP contribution < -0.4 is 15.5 Å². The van der Waals surface area contributed by atoms with Gasteiger partial charge < -0.3 is 20.3 Å². The van der Waals surface area contributed by atoms with Gasteiger partial charge >= 0.3 is 0 Å². The van der Waals surface area contributed by atoms with E-state index in [1.807, 2.05) is 61.5 Å². The molecule has 2 N–H and O–H groups in total. The van der Waals surface area contributed by atoms with Crippen LogP contribution in [-0.2, 0) is 11.3 Å². The summed E-state index contributed by atoms with van der Waals surface area (Å²) in [4.78, 5) is 30.4. The molecular formula is C30H36N4O3. The molecule has 0 radical (unpaired) electrons. The molecule has 1 fully saturated rings. The van der Waals surface area contributed by atoms with Gasteiger partial charge in [-0.05, 0) is 79.7 Å². The van der Waals surface area contributed by atoms with E-state index >= 15 is 0 Å². The highest BCUT2D eigenvalue weighted by molar-refractivity contribution is 6.07. The second-order valence-electron chi connectivity index (χ2n) is 9.24. The maximum atomic E-state index is 12.9. The van der Waals surface area contributed by atoms with Crippen molar-refractivity contribution >= 4 is 28.9 Å². The summed E-state index contributed by atoms with van der Waals surface area (Å²) < 4.78 is 5.41. The Morgan fingerprint density at radius 3 is 2.11 bits per heavy atom. The van der Waals surface area contributed by atoms with E-state index in [1.54, 1.807) is 12.1 Å². The van der Waals surface area contributed by atoms with E-state index in [1.165, 1.54) is 5.56 Å². The van der Waals surface area contributed by atoms with E-state index in [0.717, 1.165) is 62.9 Å². The fourth-order valence-corrected chi connectivity index (χ4v) is 4.34. The normalized spacial score (nSPS) is 13.5. The zero-order valence-corrected chi connectivity index (χ0v) is 21.9. The van der Waals surface area contributed by atoms with E-state index in [-0.39, 0.29) is 11.8 Å². The number of benzene rings is 3. The number of carbonyl (C=O) groups excluding carboxylic acids is 2. The van der Waals surface area contributed by atoms with Gasteiger partial charge in [-0.3, -0.25) is 14.5 Å². The fraction of sp³-hybridized carbons (Fsp3) is 0.333. The van der Waals surface area contributed by atoms with Gasteiger partial charge in [-0.25, -0.2) is 0 Å². The quantitative estimate of drug-likeness (QED) is 0.424. The smallest absolute Gasteiger partial charge is 0.255 e. The topological polar surface area (TPSA) is 73.9 Å². The minimum atomic E-state index is -0.227. The van der Waals surface area contributed by atoms with Crippen molar-refractivity contribution in [3.8, 4) is 0 Å². The Balaban J connectivity index is 1.39. The number of aryl methyl sites for hydroxylation is 1. The average molecular weight is 501 g/mol. The lowest BCUT2D eigenvalue weighted by atomic mass is 10.1. The van der Waals surface area contributed by atoms with Crippen molar-refractivity contribution in [1.82, 2.24) is 4.90 Å². The molecule has 0 spiro atoms. The van der Waals surface area contributed by atoms with Gasteiger partial charge in [0.1, 0.15) is 0 Å².